The molecule has 3 nitrogen and oxygen atoms in total. The molecule has 2 aromatic rings. The van der Waals surface area contributed by atoms with Crippen LogP contribution in [-0.4, -0.2) is 6.54 Å². The van der Waals surface area contributed by atoms with Crippen LogP contribution >= 0.6 is 15.9 Å². The monoisotopic (exact) mass is 337 g/mol. The van der Waals surface area contributed by atoms with E-state index in [1.807, 2.05) is 18.2 Å². The quantitative estimate of drug-likeness (QED) is 0.759. The summed E-state index contributed by atoms with van der Waals surface area (Å²) in [5, 5.41) is 3.34. The Labute approximate surface area is 128 Å². The van der Waals surface area contributed by atoms with E-state index in [1.165, 1.54) is 5.56 Å². The summed E-state index contributed by atoms with van der Waals surface area (Å²) in [4.78, 5) is 0. The van der Waals surface area contributed by atoms with E-state index in [4.69, 9.17) is 9.15 Å². The first-order chi connectivity index (χ1) is 9.70. The number of furan rings is 1. The summed E-state index contributed by atoms with van der Waals surface area (Å²) in [5.41, 5.74) is 2.29. The minimum absolute atomic E-state index is 0.515. The van der Waals surface area contributed by atoms with E-state index in [0.29, 0.717) is 6.61 Å². The Balaban J connectivity index is 1.95. The van der Waals surface area contributed by atoms with E-state index < -0.39 is 0 Å². The lowest BCUT2D eigenvalue weighted by Gasteiger charge is -2.09. The predicted octanol–water partition coefficient (Wildman–Crippen LogP) is 4.43. The van der Waals surface area contributed by atoms with Crippen molar-refractivity contribution in [3.05, 3.63) is 51.9 Å². The van der Waals surface area contributed by atoms with Crippen molar-refractivity contribution in [1.82, 2.24) is 5.32 Å². The highest BCUT2D eigenvalue weighted by molar-refractivity contribution is 9.10. The third-order valence-electron chi connectivity index (χ3n) is 3.02. The normalized spacial score (nSPS) is 10.8. The number of benzene rings is 1. The van der Waals surface area contributed by atoms with Crippen molar-refractivity contribution in [2.45, 2.75) is 33.4 Å². The Hall–Kier alpha value is -1.26. The van der Waals surface area contributed by atoms with Crippen LogP contribution in [0.4, 0.5) is 0 Å². The molecule has 0 aliphatic rings. The number of aryl methyl sites for hydroxylation is 1. The summed E-state index contributed by atoms with van der Waals surface area (Å²) in [5.74, 6) is 1.80. The molecule has 108 valence electrons. The number of rotatable bonds is 7. The van der Waals surface area contributed by atoms with Gasteiger partial charge in [0, 0.05) is 5.56 Å². The van der Waals surface area contributed by atoms with E-state index in [1.54, 1.807) is 6.26 Å². The number of nitrogens with one attached hydrogen (secondary N) is 1. The van der Waals surface area contributed by atoms with Gasteiger partial charge in [-0.15, -0.1) is 0 Å². The molecule has 0 amide bonds. The molecule has 1 aromatic heterocycles. The van der Waals surface area contributed by atoms with Gasteiger partial charge in [0.1, 0.15) is 18.1 Å². The lowest BCUT2D eigenvalue weighted by atomic mass is 10.2. The van der Waals surface area contributed by atoms with Gasteiger partial charge >= 0.3 is 0 Å². The van der Waals surface area contributed by atoms with Gasteiger partial charge in [0.2, 0.25) is 0 Å². The first kappa shape index (κ1) is 15.1. The van der Waals surface area contributed by atoms with Crippen LogP contribution in [0.5, 0.6) is 5.75 Å². The third-order valence-corrected chi connectivity index (χ3v) is 3.64. The van der Waals surface area contributed by atoms with Crippen molar-refractivity contribution in [2.24, 2.45) is 0 Å². The summed E-state index contributed by atoms with van der Waals surface area (Å²) in [6.45, 7) is 6.45. The minimum Gasteiger partial charge on any atom is -0.488 e. The van der Waals surface area contributed by atoms with Crippen LogP contribution in [0.3, 0.4) is 0 Å². The second kappa shape index (κ2) is 7.50. The van der Waals surface area contributed by atoms with Gasteiger partial charge in [0.15, 0.2) is 0 Å². The Bertz CT molecular complexity index is 551. The van der Waals surface area contributed by atoms with Gasteiger partial charge in [-0.05, 0) is 59.6 Å². The molecule has 0 atom stereocenters. The maximum atomic E-state index is 5.85. The lowest BCUT2D eigenvalue weighted by Crippen LogP contribution is -2.14. The zero-order chi connectivity index (χ0) is 14.4. The van der Waals surface area contributed by atoms with Gasteiger partial charge < -0.3 is 14.5 Å². The van der Waals surface area contributed by atoms with Gasteiger partial charge in [-0.2, -0.15) is 0 Å². The fourth-order valence-corrected chi connectivity index (χ4v) is 2.52. The highest BCUT2D eigenvalue weighted by Gasteiger charge is 2.08. The largest absolute Gasteiger partial charge is 0.488 e. The van der Waals surface area contributed by atoms with Gasteiger partial charge in [0.25, 0.3) is 0 Å². The number of hydrogen-bond acceptors (Lipinski definition) is 3. The molecule has 0 saturated heterocycles. The van der Waals surface area contributed by atoms with Gasteiger partial charge in [-0.3, -0.25) is 0 Å². The van der Waals surface area contributed by atoms with Crippen LogP contribution < -0.4 is 10.1 Å². The summed E-state index contributed by atoms with van der Waals surface area (Å²) >= 11 is 3.52. The van der Waals surface area contributed by atoms with Crippen LogP contribution in [0.1, 0.15) is 30.2 Å². The number of halogens is 1. The Kier molecular flexibility index (Phi) is 5.68. The standard InChI is InChI=1S/C16H20BrNO2/c1-3-7-18-10-16-13(6-8-19-16)11-20-15-5-4-12(2)9-14(15)17/h4-6,8-9,18H,3,7,10-11H2,1-2H3. The van der Waals surface area contributed by atoms with Crippen LogP contribution in [0.2, 0.25) is 0 Å². The second-order valence-corrected chi connectivity index (χ2v) is 5.62. The SMILES string of the molecule is CCCNCc1occc1COc1ccc(C)cc1Br. The predicted molar refractivity (Wildman–Crippen MR) is 83.9 cm³/mol. The summed E-state index contributed by atoms with van der Waals surface area (Å²) in [6, 6.07) is 8.03. The van der Waals surface area contributed by atoms with Crippen molar-refractivity contribution in [3.63, 3.8) is 0 Å². The lowest BCUT2D eigenvalue weighted by molar-refractivity contribution is 0.299. The molecule has 0 fully saturated rings. The van der Waals surface area contributed by atoms with Crippen molar-refractivity contribution in [3.8, 4) is 5.75 Å². The van der Waals surface area contributed by atoms with Gasteiger partial charge in [-0.1, -0.05) is 13.0 Å². The van der Waals surface area contributed by atoms with Crippen molar-refractivity contribution < 1.29 is 9.15 Å². The Morgan fingerprint density at radius 3 is 2.90 bits per heavy atom. The minimum atomic E-state index is 0.515. The molecule has 20 heavy (non-hydrogen) atoms. The maximum absolute atomic E-state index is 5.85. The van der Waals surface area contributed by atoms with Crippen molar-refractivity contribution in [2.75, 3.05) is 6.54 Å². The van der Waals surface area contributed by atoms with Crippen LogP contribution in [0, 0.1) is 6.92 Å². The number of ether oxygens (including phenoxy) is 1. The fraction of sp³-hybridized carbons (Fsp3) is 0.375. The molecule has 4 heteroatoms. The van der Waals surface area contributed by atoms with Crippen molar-refractivity contribution in [1.29, 1.82) is 0 Å². The average molecular weight is 338 g/mol. The Morgan fingerprint density at radius 2 is 2.15 bits per heavy atom. The molecular weight excluding hydrogens is 318 g/mol. The molecule has 0 saturated carbocycles. The molecule has 0 aliphatic heterocycles. The highest BCUT2D eigenvalue weighted by atomic mass is 79.9. The molecule has 0 spiro atoms. The molecule has 1 heterocycles. The van der Waals surface area contributed by atoms with Gasteiger partial charge in [-0.25, -0.2) is 0 Å². The van der Waals surface area contributed by atoms with E-state index in [-0.39, 0.29) is 0 Å². The fourth-order valence-electron chi connectivity index (χ4n) is 1.91. The molecule has 2 rings (SSSR count). The summed E-state index contributed by atoms with van der Waals surface area (Å²) < 4.78 is 12.3. The zero-order valence-electron chi connectivity index (χ0n) is 11.9. The molecular formula is C16H20BrNO2. The molecule has 0 aliphatic carbocycles. The zero-order valence-corrected chi connectivity index (χ0v) is 13.5. The van der Waals surface area contributed by atoms with E-state index in [2.05, 4.69) is 41.2 Å². The van der Waals surface area contributed by atoms with E-state index in [0.717, 1.165) is 41.1 Å². The molecule has 0 radical (unpaired) electrons. The highest BCUT2D eigenvalue weighted by Crippen LogP contribution is 2.27. The molecule has 0 unspecified atom stereocenters. The van der Waals surface area contributed by atoms with Crippen LogP contribution in [0.15, 0.2) is 39.4 Å². The van der Waals surface area contributed by atoms with Crippen molar-refractivity contribution >= 4 is 15.9 Å². The molecule has 0 bridgehead atoms. The molecule has 1 N–H and O–H groups in total. The maximum Gasteiger partial charge on any atom is 0.134 e. The summed E-state index contributed by atoms with van der Waals surface area (Å²) in [6.07, 6.45) is 2.83. The Morgan fingerprint density at radius 1 is 1.30 bits per heavy atom. The summed E-state index contributed by atoms with van der Waals surface area (Å²) in [7, 11) is 0. The third kappa shape index (κ3) is 4.12. The number of hydrogen-bond donors (Lipinski definition) is 1. The average Bonchev–Trinajstić information content (AvgIpc) is 2.86. The first-order valence-corrected chi connectivity index (χ1v) is 7.65. The van der Waals surface area contributed by atoms with Crippen LogP contribution in [0.25, 0.3) is 0 Å². The smallest absolute Gasteiger partial charge is 0.134 e. The van der Waals surface area contributed by atoms with Gasteiger partial charge in [0.05, 0.1) is 17.3 Å². The van der Waals surface area contributed by atoms with E-state index >= 15 is 0 Å². The molecule has 1 aromatic carbocycles. The second-order valence-electron chi connectivity index (χ2n) is 4.77. The van der Waals surface area contributed by atoms with E-state index in [9.17, 15) is 0 Å². The van der Waals surface area contributed by atoms with Crippen LogP contribution in [-0.2, 0) is 13.2 Å². The topological polar surface area (TPSA) is 34.4 Å². The first-order valence-electron chi connectivity index (χ1n) is 6.85.